The van der Waals surface area contributed by atoms with E-state index in [-0.39, 0.29) is 5.97 Å². The van der Waals surface area contributed by atoms with Crippen molar-refractivity contribution in [3.05, 3.63) is 35.9 Å². The van der Waals surface area contributed by atoms with Gasteiger partial charge in [0, 0.05) is 12.6 Å². The molecule has 0 radical (unpaired) electrons. The molecule has 1 saturated heterocycles. The lowest BCUT2D eigenvalue weighted by Gasteiger charge is -2.29. The van der Waals surface area contributed by atoms with Gasteiger partial charge in [0.05, 0.1) is 5.56 Å². The average molecular weight is 248 g/mol. The van der Waals surface area contributed by atoms with Crippen LogP contribution in [0.25, 0.3) is 0 Å². The minimum atomic E-state index is -0.246. The van der Waals surface area contributed by atoms with Gasteiger partial charge in [-0.3, -0.25) is 4.90 Å². The summed E-state index contributed by atoms with van der Waals surface area (Å²) in [6.45, 7) is 3.25. The molecule has 0 spiro atoms. The van der Waals surface area contributed by atoms with E-state index in [9.17, 15) is 4.79 Å². The van der Waals surface area contributed by atoms with Gasteiger partial charge in [-0.1, -0.05) is 18.2 Å². The molecule has 0 aliphatic carbocycles. The van der Waals surface area contributed by atoms with E-state index in [4.69, 9.17) is 10.5 Å². The monoisotopic (exact) mass is 248 g/mol. The molecule has 2 N–H and O–H groups in total. The van der Waals surface area contributed by atoms with Gasteiger partial charge in [-0.25, -0.2) is 4.79 Å². The Hall–Kier alpha value is -1.39. The summed E-state index contributed by atoms with van der Waals surface area (Å²) in [7, 11) is 0. The summed E-state index contributed by atoms with van der Waals surface area (Å²) >= 11 is 0. The summed E-state index contributed by atoms with van der Waals surface area (Å²) in [5.41, 5.74) is 6.45. The molecule has 0 atom stereocenters. The van der Waals surface area contributed by atoms with Crippen LogP contribution >= 0.6 is 0 Å². The van der Waals surface area contributed by atoms with Crippen molar-refractivity contribution in [2.24, 2.45) is 5.73 Å². The zero-order valence-electron chi connectivity index (χ0n) is 10.5. The fraction of sp³-hybridized carbons (Fsp3) is 0.500. The number of hydrogen-bond donors (Lipinski definition) is 1. The van der Waals surface area contributed by atoms with Crippen molar-refractivity contribution in [1.82, 2.24) is 4.90 Å². The molecular weight excluding hydrogens is 228 g/mol. The number of carbonyl (C=O) groups excluding carboxylic acids is 1. The molecular formula is C14H20N2O2. The predicted molar refractivity (Wildman–Crippen MR) is 70.4 cm³/mol. The largest absolute Gasteiger partial charge is 0.461 e. The van der Waals surface area contributed by atoms with Crippen LogP contribution in [0, 0.1) is 0 Å². The third-order valence-corrected chi connectivity index (χ3v) is 3.28. The van der Waals surface area contributed by atoms with E-state index < -0.39 is 0 Å². The molecule has 2 rings (SSSR count). The molecule has 0 amide bonds. The van der Waals surface area contributed by atoms with Gasteiger partial charge in [0.25, 0.3) is 0 Å². The molecule has 1 aromatic rings. The maximum atomic E-state index is 11.7. The van der Waals surface area contributed by atoms with Gasteiger partial charge in [-0.2, -0.15) is 0 Å². The summed E-state index contributed by atoms with van der Waals surface area (Å²) in [5, 5.41) is 0. The maximum absolute atomic E-state index is 11.7. The first-order valence-corrected chi connectivity index (χ1v) is 6.46. The van der Waals surface area contributed by atoms with E-state index in [0.717, 1.165) is 32.5 Å². The van der Waals surface area contributed by atoms with E-state index in [0.29, 0.717) is 18.2 Å². The van der Waals surface area contributed by atoms with Crippen LogP contribution in [0.15, 0.2) is 30.3 Å². The lowest BCUT2D eigenvalue weighted by Crippen LogP contribution is -2.41. The maximum Gasteiger partial charge on any atom is 0.338 e. The number of benzene rings is 1. The summed E-state index contributed by atoms with van der Waals surface area (Å²) < 4.78 is 5.25. The van der Waals surface area contributed by atoms with Crippen molar-refractivity contribution in [3.8, 4) is 0 Å². The zero-order chi connectivity index (χ0) is 12.8. The number of ether oxygens (including phenoxy) is 1. The third-order valence-electron chi connectivity index (χ3n) is 3.28. The van der Waals surface area contributed by atoms with E-state index in [1.165, 1.54) is 0 Å². The number of hydrogen-bond acceptors (Lipinski definition) is 4. The Morgan fingerprint density at radius 1 is 1.28 bits per heavy atom. The lowest BCUT2D eigenvalue weighted by molar-refractivity contribution is 0.0448. The van der Waals surface area contributed by atoms with Crippen molar-refractivity contribution in [2.75, 3.05) is 26.2 Å². The molecule has 1 aliphatic rings. The fourth-order valence-corrected chi connectivity index (χ4v) is 2.10. The molecule has 1 heterocycles. The Balaban J connectivity index is 1.68. The Bertz CT molecular complexity index is 373. The molecule has 0 bridgehead atoms. The van der Waals surface area contributed by atoms with Gasteiger partial charge < -0.3 is 10.5 Å². The fourth-order valence-electron chi connectivity index (χ4n) is 2.10. The second kappa shape index (κ2) is 6.52. The first-order valence-electron chi connectivity index (χ1n) is 6.46. The van der Waals surface area contributed by atoms with Crippen molar-refractivity contribution in [2.45, 2.75) is 18.9 Å². The summed E-state index contributed by atoms with van der Waals surface area (Å²) in [4.78, 5) is 14.0. The Morgan fingerprint density at radius 2 is 1.94 bits per heavy atom. The van der Waals surface area contributed by atoms with E-state index >= 15 is 0 Å². The number of esters is 1. The van der Waals surface area contributed by atoms with Crippen molar-refractivity contribution < 1.29 is 9.53 Å². The molecule has 0 aromatic heterocycles. The average Bonchev–Trinajstić information content (AvgIpc) is 2.42. The van der Waals surface area contributed by atoms with Crippen molar-refractivity contribution >= 4 is 5.97 Å². The molecule has 98 valence electrons. The van der Waals surface area contributed by atoms with Crippen LogP contribution in [-0.2, 0) is 4.74 Å². The standard InChI is InChI=1S/C14H20N2O2/c15-13-6-8-16(9-7-13)10-11-18-14(17)12-4-2-1-3-5-12/h1-5,13H,6-11,15H2. The van der Waals surface area contributed by atoms with Gasteiger partial charge in [0.1, 0.15) is 6.61 Å². The molecule has 18 heavy (non-hydrogen) atoms. The van der Waals surface area contributed by atoms with Gasteiger partial charge >= 0.3 is 5.97 Å². The minimum Gasteiger partial charge on any atom is -0.461 e. The number of nitrogens with zero attached hydrogens (tertiary/aromatic N) is 1. The highest BCUT2D eigenvalue weighted by Gasteiger charge is 2.16. The van der Waals surface area contributed by atoms with Gasteiger partial charge in [0.15, 0.2) is 0 Å². The lowest BCUT2D eigenvalue weighted by atomic mass is 10.1. The van der Waals surface area contributed by atoms with Crippen LogP contribution in [0.4, 0.5) is 0 Å². The normalized spacial score (nSPS) is 17.6. The summed E-state index contributed by atoms with van der Waals surface area (Å²) in [6.07, 6.45) is 2.07. The van der Waals surface area contributed by atoms with Crippen LogP contribution in [0.2, 0.25) is 0 Å². The second-order valence-electron chi connectivity index (χ2n) is 4.68. The molecule has 1 aromatic carbocycles. The minimum absolute atomic E-state index is 0.246. The Labute approximate surface area is 108 Å². The first kappa shape index (κ1) is 13.1. The van der Waals surface area contributed by atoms with E-state index in [1.54, 1.807) is 12.1 Å². The van der Waals surface area contributed by atoms with Crippen LogP contribution in [0.3, 0.4) is 0 Å². The molecule has 0 saturated carbocycles. The number of piperidine rings is 1. The highest BCUT2D eigenvalue weighted by Crippen LogP contribution is 2.08. The Kier molecular flexibility index (Phi) is 4.73. The number of nitrogens with two attached hydrogens (primary N) is 1. The van der Waals surface area contributed by atoms with Crippen LogP contribution in [0.5, 0.6) is 0 Å². The molecule has 0 unspecified atom stereocenters. The quantitative estimate of drug-likeness (QED) is 0.815. The second-order valence-corrected chi connectivity index (χ2v) is 4.68. The summed E-state index contributed by atoms with van der Waals surface area (Å²) in [6, 6.07) is 9.43. The highest BCUT2D eigenvalue weighted by atomic mass is 16.5. The zero-order valence-corrected chi connectivity index (χ0v) is 10.5. The van der Waals surface area contributed by atoms with Crippen LogP contribution in [0.1, 0.15) is 23.2 Å². The topological polar surface area (TPSA) is 55.6 Å². The molecule has 1 aliphatic heterocycles. The molecule has 1 fully saturated rings. The number of carbonyl (C=O) groups is 1. The van der Waals surface area contributed by atoms with E-state index in [2.05, 4.69) is 4.90 Å². The van der Waals surface area contributed by atoms with Gasteiger partial charge in [0.2, 0.25) is 0 Å². The third kappa shape index (κ3) is 3.82. The van der Waals surface area contributed by atoms with Crippen LogP contribution < -0.4 is 5.73 Å². The van der Waals surface area contributed by atoms with Crippen LogP contribution in [-0.4, -0.2) is 43.2 Å². The molecule has 4 nitrogen and oxygen atoms in total. The van der Waals surface area contributed by atoms with Gasteiger partial charge in [-0.15, -0.1) is 0 Å². The molecule has 4 heteroatoms. The number of rotatable bonds is 4. The van der Waals surface area contributed by atoms with Crippen molar-refractivity contribution in [3.63, 3.8) is 0 Å². The summed E-state index contributed by atoms with van der Waals surface area (Å²) in [5.74, 6) is -0.246. The SMILES string of the molecule is NC1CCN(CCOC(=O)c2ccccc2)CC1. The highest BCUT2D eigenvalue weighted by molar-refractivity contribution is 5.89. The van der Waals surface area contributed by atoms with E-state index in [1.807, 2.05) is 18.2 Å². The first-order chi connectivity index (χ1) is 8.75. The Morgan fingerprint density at radius 3 is 2.61 bits per heavy atom. The predicted octanol–water partition coefficient (Wildman–Crippen LogP) is 1.27. The number of likely N-dealkylation sites (tertiary alicyclic amines) is 1. The smallest absolute Gasteiger partial charge is 0.338 e. The van der Waals surface area contributed by atoms with Gasteiger partial charge in [-0.05, 0) is 38.1 Å². The van der Waals surface area contributed by atoms with Crippen molar-refractivity contribution in [1.29, 1.82) is 0 Å².